The van der Waals surface area contributed by atoms with Gasteiger partial charge in [0, 0.05) is 24.1 Å². The lowest BCUT2D eigenvalue weighted by Crippen LogP contribution is -2.41. The van der Waals surface area contributed by atoms with Crippen molar-refractivity contribution in [1.82, 2.24) is 9.29 Å². The van der Waals surface area contributed by atoms with Crippen LogP contribution in [0.1, 0.15) is 19.0 Å². The maximum absolute atomic E-state index is 12.5. The third kappa shape index (κ3) is 2.66. The smallest absolute Gasteiger partial charge is 0.254 e. The topological polar surface area (TPSA) is 76.3 Å². The maximum Gasteiger partial charge on any atom is 0.254 e. The third-order valence-electron chi connectivity index (χ3n) is 2.90. The van der Waals surface area contributed by atoms with Crippen molar-refractivity contribution in [3.05, 3.63) is 5.69 Å². The number of thioether (sulfide) groups is 1. The second kappa shape index (κ2) is 5.36. The van der Waals surface area contributed by atoms with E-state index in [1.807, 2.05) is 11.8 Å². The molecule has 8 heteroatoms. The largest absolute Gasteiger partial charge is 0.375 e. The summed E-state index contributed by atoms with van der Waals surface area (Å²) in [6.07, 6.45) is 0.987. The Morgan fingerprint density at radius 3 is 2.83 bits per heavy atom. The first-order valence-electron chi connectivity index (χ1n) is 5.79. The van der Waals surface area contributed by atoms with Crippen molar-refractivity contribution in [3.8, 4) is 0 Å². The van der Waals surface area contributed by atoms with Crippen LogP contribution >= 0.6 is 23.1 Å². The number of aromatic nitrogens is 1. The molecule has 0 aliphatic carbocycles. The predicted octanol–water partition coefficient (Wildman–Crippen LogP) is 1.55. The lowest BCUT2D eigenvalue weighted by molar-refractivity contribution is 0.417. The summed E-state index contributed by atoms with van der Waals surface area (Å²) in [5, 5.41) is 0.698. The number of aryl methyl sites for hydroxylation is 1. The molecule has 1 aliphatic heterocycles. The molecule has 1 aliphatic rings. The molecule has 0 bridgehead atoms. The van der Waals surface area contributed by atoms with Gasteiger partial charge in [0.15, 0.2) is 9.34 Å². The molecule has 102 valence electrons. The predicted molar refractivity (Wildman–Crippen MR) is 76.6 cm³/mol. The van der Waals surface area contributed by atoms with Crippen molar-refractivity contribution in [2.24, 2.45) is 0 Å². The first-order chi connectivity index (χ1) is 8.45. The van der Waals surface area contributed by atoms with Crippen LogP contribution in [0.15, 0.2) is 4.21 Å². The van der Waals surface area contributed by atoms with E-state index < -0.39 is 10.0 Å². The maximum atomic E-state index is 12.5. The Hall–Kier alpha value is -0.310. The average Bonchev–Trinajstić information content (AvgIpc) is 2.69. The summed E-state index contributed by atoms with van der Waals surface area (Å²) in [5.41, 5.74) is 6.08. The van der Waals surface area contributed by atoms with Crippen LogP contribution in [0, 0.1) is 6.92 Å². The molecule has 5 nitrogen and oxygen atoms in total. The molecular formula is C10H17N3O2S3. The fraction of sp³-hybridized carbons (Fsp3) is 0.700. The van der Waals surface area contributed by atoms with E-state index in [0.717, 1.165) is 23.5 Å². The van der Waals surface area contributed by atoms with E-state index in [-0.39, 0.29) is 0 Å². The Kier molecular flexibility index (Phi) is 4.20. The molecule has 1 atom stereocenters. The first kappa shape index (κ1) is 14.1. The van der Waals surface area contributed by atoms with Crippen LogP contribution in [0.25, 0.3) is 0 Å². The van der Waals surface area contributed by atoms with Crippen LogP contribution in [0.2, 0.25) is 0 Å². The van der Waals surface area contributed by atoms with Crippen LogP contribution in [0.3, 0.4) is 0 Å². The minimum absolute atomic E-state index is 0.293. The van der Waals surface area contributed by atoms with Crippen molar-refractivity contribution in [2.45, 2.75) is 29.7 Å². The van der Waals surface area contributed by atoms with Gasteiger partial charge in [-0.15, -0.1) is 0 Å². The summed E-state index contributed by atoms with van der Waals surface area (Å²) in [7, 11) is -3.42. The van der Waals surface area contributed by atoms with E-state index >= 15 is 0 Å². The van der Waals surface area contributed by atoms with E-state index in [2.05, 4.69) is 11.9 Å². The molecule has 2 rings (SSSR count). The molecule has 1 aromatic rings. The van der Waals surface area contributed by atoms with E-state index in [1.54, 1.807) is 11.2 Å². The Balaban J connectivity index is 2.28. The van der Waals surface area contributed by atoms with Crippen LogP contribution in [-0.2, 0) is 10.0 Å². The highest BCUT2D eigenvalue weighted by Crippen LogP contribution is 2.31. The molecule has 2 heterocycles. The van der Waals surface area contributed by atoms with Gasteiger partial charge in [-0.1, -0.05) is 18.3 Å². The second-order valence-electron chi connectivity index (χ2n) is 4.19. The molecule has 0 spiro atoms. The number of anilines is 1. The molecule has 1 unspecified atom stereocenters. The summed E-state index contributed by atoms with van der Waals surface area (Å²) in [4.78, 5) is 4.00. The minimum atomic E-state index is -3.42. The Morgan fingerprint density at radius 2 is 2.28 bits per heavy atom. The SMILES string of the molecule is CCC1CN(S(=O)(=O)c2sc(N)nc2C)CCS1. The lowest BCUT2D eigenvalue weighted by atomic mass is 10.3. The van der Waals surface area contributed by atoms with Crippen molar-refractivity contribution in [1.29, 1.82) is 0 Å². The van der Waals surface area contributed by atoms with E-state index in [1.165, 1.54) is 0 Å². The number of hydrogen-bond acceptors (Lipinski definition) is 6. The number of nitrogens with zero attached hydrogens (tertiary/aromatic N) is 2. The molecule has 18 heavy (non-hydrogen) atoms. The van der Waals surface area contributed by atoms with Crippen LogP contribution in [0.4, 0.5) is 5.13 Å². The van der Waals surface area contributed by atoms with Crippen LogP contribution in [0.5, 0.6) is 0 Å². The molecular weight excluding hydrogens is 290 g/mol. The highest BCUT2D eigenvalue weighted by Gasteiger charge is 2.32. The molecule has 0 radical (unpaired) electrons. The number of hydrogen-bond donors (Lipinski definition) is 1. The number of rotatable bonds is 3. The molecule has 0 saturated carbocycles. The van der Waals surface area contributed by atoms with Gasteiger partial charge < -0.3 is 5.73 Å². The summed E-state index contributed by atoms with van der Waals surface area (Å²) in [6, 6.07) is 0. The Morgan fingerprint density at radius 1 is 1.56 bits per heavy atom. The van der Waals surface area contributed by atoms with Gasteiger partial charge in [0.25, 0.3) is 10.0 Å². The highest BCUT2D eigenvalue weighted by molar-refractivity contribution is 8.00. The standard InChI is InChI=1S/C10H17N3O2S3/c1-3-8-6-13(4-5-16-8)18(14,15)9-7(2)12-10(11)17-9/h8H,3-6H2,1-2H3,(H2,11,12). The van der Waals surface area contributed by atoms with Crippen molar-refractivity contribution in [3.63, 3.8) is 0 Å². The van der Waals surface area contributed by atoms with Crippen LogP contribution in [-0.4, -0.2) is 41.8 Å². The van der Waals surface area contributed by atoms with E-state index in [9.17, 15) is 8.42 Å². The molecule has 0 aromatic carbocycles. The van der Waals surface area contributed by atoms with Gasteiger partial charge in [0.2, 0.25) is 0 Å². The third-order valence-corrected chi connectivity index (χ3v) is 7.71. The van der Waals surface area contributed by atoms with Crippen molar-refractivity contribution >= 4 is 38.3 Å². The second-order valence-corrected chi connectivity index (χ2v) is 8.76. The monoisotopic (exact) mass is 307 g/mol. The molecule has 1 fully saturated rings. The van der Waals surface area contributed by atoms with Gasteiger partial charge in [-0.2, -0.15) is 16.1 Å². The zero-order valence-electron chi connectivity index (χ0n) is 10.4. The van der Waals surface area contributed by atoms with E-state index in [0.29, 0.717) is 33.4 Å². The number of thiazole rings is 1. The normalized spacial score (nSPS) is 22.2. The molecule has 2 N–H and O–H groups in total. The van der Waals surface area contributed by atoms with Gasteiger partial charge in [-0.05, 0) is 13.3 Å². The van der Waals surface area contributed by atoms with Gasteiger partial charge in [0.1, 0.15) is 0 Å². The van der Waals surface area contributed by atoms with Gasteiger partial charge in [0.05, 0.1) is 5.69 Å². The summed E-state index contributed by atoms with van der Waals surface area (Å²) in [6.45, 7) is 4.93. The molecule has 1 aromatic heterocycles. The molecule has 0 amide bonds. The molecule has 1 saturated heterocycles. The zero-order valence-corrected chi connectivity index (χ0v) is 12.9. The number of nitrogens with two attached hydrogens (primary N) is 1. The summed E-state index contributed by atoms with van der Waals surface area (Å²) < 4.78 is 26.9. The quantitative estimate of drug-likeness (QED) is 0.917. The summed E-state index contributed by atoms with van der Waals surface area (Å²) >= 11 is 2.90. The van der Waals surface area contributed by atoms with Gasteiger partial charge in [-0.3, -0.25) is 0 Å². The Labute approximate surface area is 116 Å². The van der Waals surface area contributed by atoms with Gasteiger partial charge >= 0.3 is 0 Å². The van der Waals surface area contributed by atoms with Crippen molar-refractivity contribution < 1.29 is 8.42 Å². The lowest BCUT2D eigenvalue weighted by Gasteiger charge is -2.30. The fourth-order valence-corrected chi connectivity index (χ4v) is 6.23. The van der Waals surface area contributed by atoms with E-state index in [4.69, 9.17) is 5.73 Å². The van der Waals surface area contributed by atoms with Crippen molar-refractivity contribution in [2.75, 3.05) is 24.6 Å². The highest BCUT2D eigenvalue weighted by atomic mass is 32.2. The fourth-order valence-electron chi connectivity index (χ4n) is 1.92. The number of nitrogen functional groups attached to an aromatic ring is 1. The first-order valence-corrected chi connectivity index (χ1v) is 9.10. The van der Waals surface area contributed by atoms with Crippen LogP contribution < -0.4 is 5.73 Å². The number of sulfonamides is 1. The zero-order chi connectivity index (χ0) is 13.3. The Bertz CT molecular complexity index is 526. The summed E-state index contributed by atoms with van der Waals surface area (Å²) in [5.74, 6) is 0.852. The van der Waals surface area contributed by atoms with Gasteiger partial charge in [-0.25, -0.2) is 13.4 Å². The average molecular weight is 307 g/mol. The minimum Gasteiger partial charge on any atom is -0.375 e.